The Kier molecular flexibility index (Phi) is 4.50. The van der Waals surface area contributed by atoms with Crippen molar-refractivity contribution >= 4 is 28.8 Å². The lowest BCUT2D eigenvalue weighted by molar-refractivity contribution is 0.0729. The molecule has 1 atom stereocenters. The molecule has 6 nitrogen and oxygen atoms in total. The third-order valence-electron chi connectivity index (χ3n) is 4.30. The van der Waals surface area contributed by atoms with Crippen LogP contribution in [0.2, 0.25) is 5.02 Å². The van der Waals surface area contributed by atoms with E-state index >= 15 is 0 Å². The highest BCUT2D eigenvalue weighted by Gasteiger charge is 2.33. The van der Waals surface area contributed by atoms with Gasteiger partial charge in [0.25, 0.3) is 5.91 Å². The highest BCUT2D eigenvalue weighted by molar-refractivity contribution is 7.09. The first-order valence-electron chi connectivity index (χ1n) is 8.06. The maximum atomic E-state index is 12.8. The van der Waals surface area contributed by atoms with Gasteiger partial charge >= 0.3 is 0 Å². The number of aromatic nitrogens is 4. The van der Waals surface area contributed by atoms with Crippen molar-refractivity contribution in [1.29, 1.82) is 0 Å². The molecule has 1 saturated heterocycles. The van der Waals surface area contributed by atoms with Crippen LogP contribution < -0.4 is 0 Å². The highest BCUT2D eigenvalue weighted by Crippen LogP contribution is 2.33. The van der Waals surface area contributed by atoms with Gasteiger partial charge in [-0.05, 0) is 24.5 Å². The van der Waals surface area contributed by atoms with Gasteiger partial charge in [-0.2, -0.15) is 0 Å². The molecule has 1 aromatic carbocycles. The lowest BCUT2D eigenvalue weighted by Gasteiger charge is -2.21. The van der Waals surface area contributed by atoms with E-state index in [0.29, 0.717) is 17.3 Å². The van der Waals surface area contributed by atoms with Gasteiger partial charge in [0.1, 0.15) is 5.01 Å². The topological polar surface area (TPSA) is 63.9 Å². The smallest absolute Gasteiger partial charge is 0.276 e. The highest BCUT2D eigenvalue weighted by atomic mass is 35.5. The van der Waals surface area contributed by atoms with Gasteiger partial charge in [0.2, 0.25) is 0 Å². The molecule has 0 N–H and O–H groups in total. The first-order chi connectivity index (χ1) is 12.2. The van der Waals surface area contributed by atoms with E-state index in [9.17, 15) is 4.79 Å². The molecule has 8 heteroatoms. The van der Waals surface area contributed by atoms with E-state index in [1.165, 1.54) is 0 Å². The summed E-state index contributed by atoms with van der Waals surface area (Å²) in [6.07, 6.45) is 5.38. The van der Waals surface area contributed by atoms with E-state index in [0.717, 1.165) is 30.0 Å². The predicted octanol–water partition coefficient (Wildman–Crippen LogP) is 3.41. The minimum atomic E-state index is -0.0943. The van der Waals surface area contributed by atoms with Crippen molar-refractivity contribution in [1.82, 2.24) is 24.9 Å². The number of halogens is 1. The number of likely N-dealkylation sites (tertiary alicyclic amines) is 1. The number of hydrogen-bond donors (Lipinski definition) is 0. The zero-order valence-electron chi connectivity index (χ0n) is 13.4. The van der Waals surface area contributed by atoms with Gasteiger partial charge in [-0.1, -0.05) is 35.0 Å². The summed E-state index contributed by atoms with van der Waals surface area (Å²) in [5.41, 5.74) is 1.30. The van der Waals surface area contributed by atoms with Crippen LogP contribution in [0, 0.1) is 0 Å². The van der Waals surface area contributed by atoms with E-state index in [4.69, 9.17) is 11.6 Å². The lowest BCUT2D eigenvalue weighted by atomic mass is 10.2. The molecule has 3 heterocycles. The Hall–Kier alpha value is -2.25. The van der Waals surface area contributed by atoms with Crippen molar-refractivity contribution in [2.75, 3.05) is 6.54 Å². The molecule has 128 valence electrons. The number of carbonyl (C=O) groups excluding carboxylic acids is 1. The molecular weight excluding hydrogens is 358 g/mol. The summed E-state index contributed by atoms with van der Waals surface area (Å²) < 4.78 is 1.64. The van der Waals surface area contributed by atoms with Crippen molar-refractivity contribution < 1.29 is 4.79 Å². The van der Waals surface area contributed by atoms with E-state index < -0.39 is 0 Å². The largest absolute Gasteiger partial charge is 0.328 e. The molecule has 3 aromatic rings. The quantitative estimate of drug-likeness (QED) is 0.703. The van der Waals surface area contributed by atoms with E-state index in [2.05, 4.69) is 15.3 Å². The summed E-state index contributed by atoms with van der Waals surface area (Å²) in [6.45, 7) is 1.20. The second-order valence-corrected chi connectivity index (χ2v) is 7.25. The van der Waals surface area contributed by atoms with Gasteiger partial charge in [0.15, 0.2) is 5.69 Å². The summed E-state index contributed by atoms with van der Waals surface area (Å²) in [5.74, 6) is -0.0943. The summed E-state index contributed by atoms with van der Waals surface area (Å²) in [7, 11) is 0. The Morgan fingerprint density at radius 1 is 1.36 bits per heavy atom. The molecule has 0 radical (unpaired) electrons. The second-order valence-electron chi connectivity index (χ2n) is 5.92. The maximum Gasteiger partial charge on any atom is 0.276 e. The molecule has 0 unspecified atom stereocenters. The van der Waals surface area contributed by atoms with E-state index in [-0.39, 0.29) is 11.9 Å². The normalized spacial score (nSPS) is 17.2. The Labute approximate surface area is 154 Å². The van der Waals surface area contributed by atoms with E-state index in [1.807, 2.05) is 34.5 Å². The summed E-state index contributed by atoms with van der Waals surface area (Å²) >= 11 is 7.77. The monoisotopic (exact) mass is 373 g/mol. The second kappa shape index (κ2) is 6.93. The molecule has 25 heavy (non-hydrogen) atoms. The summed E-state index contributed by atoms with van der Waals surface area (Å²) in [5, 5.41) is 11.7. The zero-order valence-corrected chi connectivity index (χ0v) is 15.0. The molecule has 1 fully saturated rings. The average molecular weight is 374 g/mol. The number of carbonyl (C=O) groups is 1. The molecule has 2 aromatic heterocycles. The molecule has 1 amide bonds. The number of thiazole rings is 1. The average Bonchev–Trinajstić information content (AvgIpc) is 3.37. The first kappa shape index (κ1) is 16.2. The Balaban J connectivity index is 1.51. The third-order valence-corrected chi connectivity index (χ3v) is 5.54. The van der Waals surface area contributed by atoms with Crippen LogP contribution in [-0.2, 0) is 6.54 Å². The van der Waals surface area contributed by atoms with Gasteiger partial charge in [0.05, 0.1) is 18.8 Å². The Morgan fingerprint density at radius 3 is 3.04 bits per heavy atom. The van der Waals surface area contributed by atoms with Crippen LogP contribution in [0.3, 0.4) is 0 Å². The summed E-state index contributed by atoms with van der Waals surface area (Å²) in [6, 6.07) is 7.62. The zero-order chi connectivity index (χ0) is 17.2. The van der Waals surface area contributed by atoms with Crippen LogP contribution in [0.25, 0.3) is 0 Å². The number of rotatable bonds is 4. The molecular formula is C17H16ClN5OS. The number of nitrogens with zero attached hydrogens (tertiary/aromatic N) is 5. The summed E-state index contributed by atoms with van der Waals surface area (Å²) in [4.78, 5) is 19.1. The van der Waals surface area contributed by atoms with Gasteiger partial charge < -0.3 is 4.90 Å². The van der Waals surface area contributed by atoms with Crippen LogP contribution in [0.5, 0.6) is 0 Å². The van der Waals surface area contributed by atoms with Gasteiger partial charge in [0, 0.05) is 23.1 Å². The number of benzene rings is 1. The van der Waals surface area contributed by atoms with Crippen molar-refractivity contribution in [3.05, 3.63) is 63.3 Å². The van der Waals surface area contributed by atoms with Crippen LogP contribution in [0.1, 0.15) is 39.9 Å². The number of hydrogen-bond acceptors (Lipinski definition) is 5. The van der Waals surface area contributed by atoms with Gasteiger partial charge in [-0.3, -0.25) is 4.79 Å². The van der Waals surface area contributed by atoms with E-state index in [1.54, 1.807) is 28.4 Å². The van der Waals surface area contributed by atoms with Crippen molar-refractivity contribution in [3.63, 3.8) is 0 Å². The molecule has 0 bridgehead atoms. The fourth-order valence-electron chi connectivity index (χ4n) is 3.09. The maximum absolute atomic E-state index is 12.8. The predicted molar refractivity (Wildman–Crippen MR) is 95.7 cm³/mol. The van der Waals surface area contributed by atoms with Crippen LogP contribution in [0.4, 0.5) is 0 Å². The minimum absolute atomic E-state index is 0.0428. The molecule has 1 aliphatic heterocycles. The Bertz CT molecular complexity index is 879. The van der Waals surface area contributed by atoms with Crippen LogP contribution in [-0.4, -0.2) is 37.3 Å². The molecule has 0 aliphatic carbocycles. The fourth-order valence-corrected chi connectivity index (χ4v) is 4.07. The molecule has 0 saturated carbocycles. The van der Waals surface area contributed by atoms with Crippen molar-refractivity contribution in [2.24, 2.45) is 0 Å². The minimum Gasteiger partial charge on any atom is -0.328 e. The molecule has 4 rings (SSSR count). The van der Waals surface area contributed by atoms with Crippen LogP contribution >= 0.6 is 22.9 Å². The third kappa shape index (κ3) is 3.29. The molecule has 0 spiro atoms. The standard InChI is InChI=1S/C17H16ClN5OS/c18-13-5-2-1-4-12(13)10-22-11-14(20-21-22)17(24)23-8-3-6-15(23)16-19-7-9-25-16/h1-2,4-5,7,9,11,15H,3,6,8,10H2/t15-/m0/s1. The molecule has 1 aliphatic rings. The SMILES string of the molecule is O=C(c1cn(Cc2ccccc2Cl)nn1)N1CCC[C@H]1c1nccs1. The first-order valence-corrected chi connectivity index (χ1v) is 9.32. The lowest BCUT2D eigenvalue weighted by Crippen LogP contribution is -2.30. The van der Waals surface area contributed by atoms with Crippen molar-refractivity contribution in [2.45, 2.75) is 25.4 Å². The fraction of sp³-hybridized carbons (Fsp3) is 0.294. The number of amides is 1. The van der Waals surface area contributed by atoms with Gasteiger partial charge in [-0.15, -0.1) is 16.4 Å². The van der Waals surface area contributed by atoms with Gasteiger partial charge in [-0.25, -0.2) is 9.67 Å². The van der Waals surface area contributed by atoms with Crippen LogP contribution in [0.15, 0.2) is 42.0 Å². The van der Waals surface area contributed by atoms with Crippen molar-refractivity contribution in [3.8, 4) is 0 Å². The Morgan fingerprint density at radius 2 is 2.24 bits per heavy atom.